The molecule has 0 atom stereocenters. The van der Waals surface area contributed by atoms with Crippen LogP contribution in [0.1, 0.15) is 21.5 Å². The van der Waals surface area contributed by atoms with Gasteiger partial charge in [0.05, 0.1) is 11.3 Å². The summed E-state index contributed by atoms with van der Waals surface area (Å²) in [5.74, 6) is -0.990. The third kappa shape index (κ3) is 3.08. The first kappa shape index (κ1) is 15.1. The summed E-state index contributed by atoms with van der Waals surface area (Å²) in [4.78, 5) is 14.0. The first-order chi connectivity index (χ1) is 9.91. The van der Waals surface area contributed by atoms with Crippen LogP contribution < -0.4 is 10.6 Å². The van der Waals surface area contributed by atoms with E-state index in [1.54, 1.807) is 44.3 Å². The summed E-state index contributed by atoms with van der Waals surface area (Å²) in [6.07, 6.45) is 0. The lowest BCUT2D eigenvalue weighted by molar-refractivity contribution is 0.0989. The minimum Gasteiger partial charge on any atom is -0.389 e. The number of para-hydroxylation sites is 1. The molecule has 0 saturated carbocycles. The molecule has 2 aromatic rings. The summed E-state index contributed by atoms with van der Waals surface area (Å²) in [7, 11) is 1.57. The van der Waals surface area contributed by atoms with E-state index in [2.05, 4.69) is 0 Å². The summed E-state index contributed by atoms with van der Waals surface area (Å²) in [5, 5.41) is 0. The van der Waals surface area contributed by atoms with Crippen molar-refractivity contribution in [1.29, 1.82) is 0 Å². The van der Waals surface area contributed by atoms with Crippen molar-refractivity contribution in [3.63, 3.8) is 0 Å². The molecular formula is C16H15FN2OS. The van der Waals surface area contributed by atoms with Crippen LogP contribution in [0.4, 0.5) is 10.1 Å². The average molecular weight is 302 g/mol. The van der Waals surface area contributed by atoms with Gasteiger partial charge in [0.25, 0.3) is 5.91 Å². The maximum absolute atomic E-state index is 13.9. The molecule has 3 nitrogen and oxygen atoms in total. The van der Waals surface area contributed by atoms with E-state index in [4.69, 9.17) is 18.0 Å². The third-order valence-corrected chi connectivity index (χ3v) is 3.41. The van der Waals surface area contributed by atoms with Gasteiger partial charge >= 0.3 is 0 Å². The van der Waals surface area contributed by atoms with E-state index in [-0.39, 0.29) is 10.6 Å². The molecule has 108 valence electrons. The predicted molar refractivity (Wildman–Crippen MR) is 86.2 cm³/mol. The van der Waals surface area contributed by atoms with Crippen LogP contribution in [0, 0.1) is 12.7 Å². The number of nitrogens with zero attached hydrogens (tertiary/aromatic N) is 1. The van der Waals surface area contributed by atoms with Crippen molar-refractivity contribution in [1.82, 2.24) is 0 Å². The van der Waals surface area contributed by atoms with E-state index in [0.717, 1.165) is 5.56 Å². The van der Waals surface area contributed by atoms with E-state index in [0.29, 0.717) is 11.3 Å². The summed E-state index contributed by atoms with van der Waals surface area (Å²) in [5.41, 5.74) is 7.56. The second-order valence-electron chi connectivity index (χ2n) is 4.73. The van der Waals surface area contributed by atoms with Gasteiger partial charge in [-0.2, -0.15) is 0 Å². The van der Waals surface area contributed by atoms with Crippen molar-refractivity contribution in [3.05, 3.63) is 65.0 Å². The zero-order chi connectivity index (χ0) is 15.6. The Balaban J connectivity index is 2.42. The molecule has 0 aromatic heterocycles. The quantitative estimate of drug-likeness (QED) is 0.886. The largest absolute Gasteiger partial charge is 0.389 e. The van der Waals surface area contributed by atoms with Crippen LogP contribution in [0.25, 0.3) is 0 Å². The van der Waals surface area contributed by atoms with E-state index in [9.17, 15) is 9.18 Å². The van der Waals surface area contributed by atoms with Crippen molar-refractivity contribution >= 4 is 28.8 Å². The molecule has 5 heteroatoms. The molecule has 0 aliphatic carbocycles. The minimum absolute atomic E-state index is 0.0147. The SMILES string of the molecule is Cc1ccc(C(=O)N(C)c2ccccc2C(N)=S)c(F)c1. The molecule has 0 heterocycles. The number of amides is 1. The number of thiocarbonyl (C=S) groups is 1. The second-order valence-corrected chi connectivity index (χ2v) is 5.17. The molecular weight excluding hydrogens is 287 g/mol. The number of hydrogen-bond acceptors (Lipinski definition) is 2. The fourth-order valence-corrected chi connectivity index (χ4v) is 2.23. The molecule has 0 spiro atoms. The van der Waals surface area contributed by atoms with Crippen molar-refractivity contribution in [3.8, 4) is 0 Å². The monoisotopic (exact) mass is 302 g/mol. The van der Waals surface area contributed by atoms with Crippen LogP contribution in [0.15, 0.2) is 42.5 Å². The van der Waals surface area contributed by atoms with Crippen molar-refractivity contribution < 1.29 is 9.18 Å². The van der Waals surface area contributed by atoms with Gasteiger partial charge in [-0.3, -0.25) is 4.79 Å². The first-order valence-electron chi connectivity index (χ1n) is 6.35. The normalized spacial score (nSPS) is 10.2. The van der Waals surface area contributed by atoms with Gasteiger partial charge < -0.3 is 10.6 Å². The van der Waals surface area contributed by atoms with Gasteiger partial charge in [0.1, 0.15) is 10.8 Å². The average Bonchev–Trinajstić information content (AvgIpc) is 2.45. The Hall–Kier alpha value is -2.27. The maximum atomic E-state index is 13.9. The highest BCUT2D eigenvalue weighted by atomic mass is 32.1. The maximum Gasteiger partial charge on any atom is 0.261 e. The van der Waals surface area contributed by atoms with Crippen LogP contribution in [0.5, 0.6) is 0 Å². The highest BCUT2D eigenvalue weighted by Crippen LogP contribution is 2.22. The van der Waals surface area contributed by atoms with Crippen LogP contribution in [-0.4, -0.2) is 17.9 Å². The second kappa shape index (κ2) is 6.01. The predicted octanol–water partition coefficient (Wildman–Crippen LogP) is 3.04. The van der Waals surface area contributed by atoms with E-state index in [1.807, 2.05) is 0 Å². The summed E-state index contributed by atoms with van der Waals surface area (Å²) >= 11 is 4.98. The Labute approximate surface area is 128 Å². The summed E-state index contributed by atoms with van der Waals surface area (Å²) < 4.78 is 13.9. The Morgan fingerprint density at radius 3 is 2.48 bits per heavy atom. The standard InChI is InChI=1S/C16H15FN2OS/c1-10-7-8-11(13(17)9-10)16(20)19(2)14-6-4-3-5-12(14)15(18)21/h3-9H,1-2H3,(H2,18,21). The van der Waals surface area contributed by atoms with Crippen LogP contribution >= 0.6 is 12.2 Å². The number of hydrogen-bond donors (Lipinski definition) is 1. The molecule has 2 N–H and O–H groups in total. The van der Waals surface area contributed by atoms with Gasteiger partial charge in [0.2, 0.25) is 0 Å². The molecule has 2 aromatic carbocycles. The van der Waals surface area contributed by atoms with Crippen LogP contribution in [-0.2, 0) is 0 Å². The van der Waals surface area contributed by atoms with Gasteiger partial charge in [-0.1, -0.05) is 30.4 Å². The lowest BCUT2D eigenvalue weighted by Gasteiger charge is -2.20. The zero-order valence-electron chi connectivity index (χ0n) is 11.8. The number of halogens is 1. The molecule has 1 amide bonds. The van der Waals surface area contributed by atoms with Crippen molar-refractivity contribution in [2.75, 3.05) is 11.9 Å². The Morgan fingerprint density at radius 2 is 1.86 bits per heavy atom. The first-order valence-corrected chi connectivity index (χ1v) is 6.75. The molecule has 0 saturated heterocycles. The van der Waals surface area contributed by atoms with Gasteiger partial charge in [0.15, 0.2) is 0 Å². The molecule has 0 bridgehead atoms. The van der Waals surface area contributed by atoms with E-state index >= 15 is 0 Å². The zero-order valence-corrected chi connectivity index (χ0v) is 12.6. The molecule has 0 radical (unpaired) electrons. The van der Waals surface area contributed by atoms with Gasteiger partial charge in [-0.25, -0.2) is 4.39 Å². The number of rotatable bonds is 3. The Kier molecular flexibility index (Phi) is 4.33. The molecule has 0 aliphatic rings. The number of carbonyl (C=O) groups is 1. The fraction of sp³-hybridized carbons (Fsp3) is 0.125. The third-order valence-electron chi connectivity index (χ3n) is 3.19. The number of aryl methyl sites for hydroxylation is 1. The minimum atomic E-state index is -0.542. The Morgan fingerprint density at radius 1 is 1.19 bits per heavy atom. The van der Waals surface area contributed by atoms with Crippen LogP contribution in [0.3, 0.4) is 0 Å². The summed E-state index contributed by atoms with van der Waals surface area (Å²) in [6.45, 7) is 1.77. The molecule has 21 heavy (non-hydrogen) atoms. The van der Waals surface area contributed by atoms with Gasteiger partial charge in [-0.15, -0.1) is 0 Å². The lowest BCUT2D eigenvalue weighted by atomic mass is 10.1. The highest BCUT2D eigenvalue weighted by molar-refractivity contribution is 7.80. The van der Waals surface area contributed by atoms with E-state index < -0.39 is 11.7 Å². The smallest absolute Gasteiger partial charge is 0.261 e. The number of carbonyl (C=O) groups excluding carboxylic acids is 1. The number of anilines is 1. The summed E-state index contributed by atoms with van der Waals surface area (Å²) in [6, 6.07) is 11.5. The van der Waals surface area contributed by atoms with Crippen LogP contribution in [0.2, 0.25) is 0 Å². The van der Waals surface area contributed by atoms with Gasteiger partial charge in [0, 0.05) is 12.6 Å². The Bertz CT molecular complexity index is 715. The van der Waals surface area contributed by atoms with Crippen molar-refractivity contribution in [2.24, 2.45) is 5.73 Å². The molecule has 0 unspecified atom stereocenters. The molecule has 0 fully saturated rings. The highest BCUT2D eigenvalue weighted by Gasteiger charge is 2.20. The lowest BCUT2D eigenvalue weighted by Crippen LogP contribution is -2.29. The number of benzene rings is 2. The topological polar surface area (TPSA) is 46.3 Å². The molecule has 2 rings (SSSR count). The number of nitrogens with two attached hydrogens (primary N) is 1. The van der Waals surface area contributed by atoms with E-state index in [1.165, 1.54) is 17.0 Å². The van der Waals surface area contributed by atoms with Crippen molar-refractivity contribution in [2.45, 2.75) is 6.92 Å². The van der Waals surface area contributed by atoms with Gasteiger partial charge in [-0.05, 0) is 36.8 Å². The fourth-order valence-electron chi connectivity index (χ4n) is 2.06. The molecule has 0 aliphatic heterocycles.